The molecule has 0 saturated carbocycles. The van der Waals surface area contributed by atoms with Crippen LogP contribution >= 0.6 is 11.3 Å². The standard InChI is InChI=1S/C13H9FN4OS/c14-8-3-5-9(6-4-8)15-13-16-12(19)11(17-18-13)10-2-1-7-20-10/h1-7H,(H2,15,16,18,19). The molecule has 1 aromatic carbocycles. The first-order chi connectivity index (χ1) is 9.72. The maximum absolute atomic E-state index is 12.8. The minimum atomic E-state index is -0.330. The van der Waals surface area contributed by atoms with Gasteiger partial charge in [0.15, 0.2) is 5.69 Å². The second kappa shape index (κ2) is 5.22. The molecule has 0 spiro atoms. The summed E-state index contributed by atoms with van der Waals surface area (Å²) in [5.41, 5.74) is 0.567. The van der Waals surface area contributed by atoms with Crippen LogP contribution < -0.4 is 10.9 Å². The summed E-state index contributed by atoms with van der Waals surface area (Å²) in [5, 5.41) is 12.5. The van der Waals surface area contributed by atoms with Gasteiger partial charge in [0.2, 0.25) is 5.95 Å². The highest BCUT2D eigenvalue weighted by Gasteiger charge is 2.08. The van der Waals surface area contributed by atoms with Gasteiger partial charge in [0.05, 0.1) is 4.88 Å². The van der Waals surface area contributed by atoms with Crippen LogP contribution in [-0.4, -0.2) is 15.2 Å². The largest absolute Gasteiger partial charge is 0.324 e. The first kappa shape index (κ1) is 12.5. The van der Waals surface area contributed by atoms with Crippen molar-refractivity contribution in [3.63, 3.8) is 0 Å². The van der Waals surface area contributed by atoms with Crippen LogP contribution in [0.5, 0.6) is 0 Å². The topological polar surface area (TPSA) is 70.7 Å². The molecule has 3 aromatic rings. The molecule has 0 fully saturated rings. The summed E-state index contributed by atoms with van der Waals surface area (Å²) < 4.78 is 12.8. The third-order valence-electron chi connectivity index (χ3n) is 2.56. The number of nitrogens with one attached hydrogen (secondary N) is 2. The molecule has 0 unspecified atom stereocenters. The molecule has 20 heavy (non-hydrogen) atoms. The minimum absolute atomic E-state index is 0.210. The van der Waals surface area contributed by atoms with Crippen molar-refractivity contribution in [1.82, 2.24) is 15.2 Å². The van der Waals surface area contributed by atoms with E-state index in [1.165, 1.54) is 23.5 Å². The zero-order chi connectivity index (χ0) is 13.9. The van der Waals surface area contributed by atoms with E-state index in [4.69, 9.17) is 0 Å². The molecule has 3 rings (SSSR count). The van der Waals surface area contributed by atoms with Crippen molar-refractivity contribution in [3.05, 3.63) is 57.9 Å². The van der Waals surface area contributed by atoms with Crippen molar-refractivity contribution in [1.29, 1.82) is 0 Å². The number of aromatic amines is 1. The third kappa shape index (κ3) is 2.57. The van der Waals surface area contributed by atoms with Crippen LogP contribution in [-0.2, 0) is 0 Å². The van der Waals surface area contributed by atoms with E-state index in [0.29, 0.717) is 5.69 Å². The molecule has 0 aliphatic carbocycles. The molecule has 0 bridgehead atoms. The molecule has 0 aliphatic heterocycles. The second-order valence-electron chi connectivity index (χ2n) is 3.96. The van der Waals surface area contributed by atoms with Crippen LogP contribution in [0.4, 0.5) is 16.0 Å². The average molecular weight is 288 g/mol. The molecule has 2 aromatic heterocycles. The van der Waals surface area contributed by atoms with Crippen LogP contribution in [0.1, 0.15) is 0 Å². The third-order valence-corrected chi connectivity index (χ3v) is 3.44. The Balaban J connectivity index is 1.87. The lowest BCUT2D eigenvalue weighted by Crippen LogP contribution is -2.15. The van der Waals surface area contributed by atoms with Crippen molar-refractivity contribution < 1.29 is 4.39 Å². The SMILES string of the molecule is O=c1[nH]c(Nc2ccc(F)cc2)nnc1-c1cccs1. The number of hydrogen-bond donors (Lipinski definition) is 2. The van der Waals surface area contributed by atoms with Gasteiger partial charge < -0.3 is 5.32 Å². The highest BCUT2D eigenvalue weighted by molar-refractivity contribution is 7.13. The number of benzene rings is 1. The molecule has 2 heterocycles. The highest BCUT2D eigenvalue weighted by Crippen LogP contribution is 2.19. The molecule has 0 radical (unpaired) electrons. The monoisotopic (exact) mass is 288 g/mol. The van der Waals surface area contributed by atoms with Gasteiger partial charge >= 0.3 is 0 Å². The smallest absolute Gasteiger partial charge is 0.280 e. The van der Waals surface area contributed by atoms with Crippen molar-refractivity contribution in [2.24, 2.45) is 0 Å². The highest BCUT2D eigenvalue weighted by atomic mass is 32.1. The van der Waals surface area contributed by atoms with Crippen molar-refractivity contribution >= 4 is 23.0 Å². The maximum Gasteiger partial charge on any atom is 0.280 e. The summed E-state index contributed by atoms with van der Waals surface area (Å²) in [4.78, 5) is 15.3. The number of hydrogen-bond acceptors (Lipinski definition) is 5. The molecular formula is C13H9FN4OS. The van der Waals surface area contributed by atoms with Gasteiger partial charge in [-0.05, 0) is 35.7 Å². The van der Waals surface area contributed by atoms with Crippen LogP contribution in [0.3, 0.4) is 0 Å². The van der Waals surface area contributed by atoms with Gasteiger partial charge in [-0.25, -0.2) is 4.39 Å². The number of thiophene rings is 1. The van der Waals surface area contributed by atoms with Gasteiger partial charge in [-0.15, -0.1) is 21.5 Å². The summed E-state index contributed by atoms with van der Waals surface area (Å²) in [6.45, 7) is 0. The van der Waals surface area contributed by atoms with Crippen LogP contribution in [0.15, 0.2) is 46.6 Å². The quantitative estimate of drug-likeness (QED) is 0.777. The molecule has 0 atom stereocenters. The van der Waals surface area contributed by atoms with Crippen molar-refractivity contribution in [2.75, 3.05) is 5.32 Å². The summed E-state index contributed by atoms with van der Waals surface area (Å²) in [6.07, 6.45) is 0. The van der Waals surface area contributed by atoms with E-state index in [2.05, 4.69) is 20.5 Å². The minimum Gasteiger partial charge on any atom is -0.324 e. The number of rotatable bonds is 3. The molecule has 7 heteroatoms. The Morgan fingerprint density at radius 2 is 1.95 bits per heavy atom. The molecular weight excluding hydrogens is 279 g/mol. The fraction of sp³-hybridized carbons (Fsp3) is 0. The number of halogens is 1. The summed E-state index contributed by atoms with van der Waals surface area (Å²) in [7, 11) is 0. The number of anilines is 2. The molecule has 0 saturated heterocycles. The van der Waals surface area contributed by atoms with E-state index in [0.717, 1.165) is 4.88 Å². The maximum atomic E-state index is 12.8. The lowest BCUT2D eigenvalue weighted by Gasteiger charge is -2.04. The lowest BCUT2D eigenvalue weighted by atomic mass is 10.3. The Labute approximate surface area is 117 Å². The summed E-state index contributed by atoms with van der Waals surface area (Å²) >= 11 is 1.42. The predicted molar refractivity (Wildman–Crippen MR) is 75.6 cm³/mol. The van der Waals surface area contributed by atoms with Crippen LogP contribution in [0.2, 0.25) is 0 Å². The zero-order valence-corrected chi connectivity index (χ0v) is 10.9. The Hall–Kier alpha value is -2.54. The van der Waals surface area contributed by atoms with Gasteiger partial charge in [0.1, 0.15) is 5.82 Å². The van der Waals surface area contributed by atoms with Gasteiger partial charge in [-0.2, -0.15) is 0 Å². The fourth-order valence-electron chi connectivity index (χ4n) is 1.64. The number of nitrogens with zero attached hydrogens (tertiary/aromatic N) is 2. The summed E-state index contributed by atoms with van der Waals surface area (Å²) in [5.74, 6) is -0.120. The van der Waals surface area contributed by atoms with E-state index < -0.39 is 0 Å². The Bertz CT molecular complexity index is 768. The van der Waals surface area contributed by atoms with E-state index in [9.17, 15) is 9.18 Å². The molecule has 2 N–H and O–H groups in total. The van der Waals surface area contributed by atoms with Gasteiger partial charge in [0.25, 0.3) is 5.56 Å². The molecule has 100 valence electrons. The van der Waals surface area contributed by atoms with Gasteiger partial charge in [-0.1, -0.05) is 6.07 Å². The van der Waals surface area contributed by atoms with E-state index in [1.54, 1.807) is 18.2 Å². The molecule has 5 nitrogen and oxygen atoms in total. The predicted octanol–water partition coefficient (Wildman–Crippen LogP) is 2.78. The Kier molecular flexibility index (Phi) is 3.26. The first-order valence-corrected chi connectivity index (χ1v) is 6.64. The molecule has 0 aliphatic rings. The first-order valence-electron chi connectivity index (χ1n) is 5.76. The van der Waals surface area contributed by atoms with Crippen LogP contribution in [0.25, 0.3) is 10.6 Å². The zero-order valence-electron chi connectivity index (χ0n) is 10.1. The lowest BCUT2D eigenvalue weighted by molar-refractivity contribution is 0.628. The van der Waals surface area contributed by atoms with Crippen LogP contribution in [0, 0.1) is 5.82 Å². The van der Waals surface area contributed by atoms with E-state index in [1.807, 2.05) is 11.4 Å². The Morgan fingerprint density at radius 3 is 2.60 bits per heavy atom. The van der Waals surface area contributed by atoms with Crippen molar-refractivity contribution in [3.8, 4) is 10.6 Å². The summed E-state index contributed by atoms with van der Waals surface area (Å²) in [6, 6.07) is 9.36. The number of aromatic nitrogens is 3. The average Bonchev–Trinajstić information content (AvgIpc) is 2.95. The molecule has 0 amide bonds. The van der Waals surface area contributed by atoms with E-state index in [-0.39, 0.29) is 23.0 Å². The van der Waals surface area contributed by atoms with E-state index >= 15 is 0 Å². The normalized spacial score (nSPS) is 10.4. The van der Waals surface area contributed by atoms with Gasteiger partial charge in [0, 0.05) is 5.69 Å². The second-order valence-corrected chi connectivity index (χ2v) is 4.91. The van der Waals surface area contributed by atoms with Gasteiger partial charge in [-0.3, -0.25) is 9.78 Å². The Morgan fingerprint density at radius 1 is 1.15 bits per heavy atom. The fourth-order valence-corrected chi connectivity index (χ4v) is 2.34. The number of H-pyrrole nitrogens is 1. The van der Waals surface area contributed by atoms with Crippen molar-refractivity contribution in [2.45, 2.75) is 0 Å².